The Labute approximate surface area is 117 Å². The van der Waals surface area contributed by atoms with Crippen LogP contribution >= 0.6 is 0 Å². The molecule has 0 spiro atoms. The number of rotatable bonds is 5. The standard InChI is InChI=1S/C17H27NO/c18-13-15-6-10-17(11-7-15)16-8-4-14(5-9-16)3-1-2-12-19/h12,14-17H,1-11H2/t14-,15-,16-,17-. The largest absolute Gasteiger partial charge is 0.303 e. The summed E-state index contributed by atoms with van der Waals surface area (Å²) in [6.45, 7) is 0. The van der Waals surface area contributed by atoms with E-state index in [0.29, 0.717) is 5.92 Å². The highest BCUT2D eigenvalue weighted by Crippen LogP contribution is 2.42. The molecule has 0 atom stereocenters. The van der Waals surface area contributed by atoms with Crippen molar-refractivity contribution in [1.29, 1.82) is 5.26 Å². The highest BCUT2D eigenvalue weighted by Gasteiger charge is 2.30. The molecular weight excluding hydrogens is 234 g/mol. The predicted molar refractivity (Wildman–Crippen MR) is 76.4 cm³/mol. The normalized spacial score (nSPS) is 35.5. The van der Waals surface area contributed by atoms with Crippen molar-refractivity contribution < 1.29 is 4.79 Å². The van der Waals surface area contributed by atoms with Crippen molar-refractivity contribution in [3.63, 3.8) is 0 Å². The third kappa shape index (κ3) is 4.34. The lowest BCUT2D eigenvalue weighted by Crippen LogP contribution is -2.25. The van der Waals surface area contributed by atoms with Gasteiger partial charge in [-0.3, -0.25) is 0 Å². The zero-order valence-electron chi connectivity index (χ0n) is 12.0. The van der Waals surface area contributed by atoms with Crippen molar-refractivity contribution >= 4 is 6.29 Å². The fourth-order valence-electron chi connectivity index (χ4n) is 4.16. The van der Waals surface area contributed by atoms with E-state index in [4.69, 9.17) is 5.26 Å². The van der Waals surface area contributed by atoms with Crippen LogP contribution in [0.2, 0.25) is 0 Å². The maximum Gasteiger partial charge on any atom is 0.119 e. The third-order valence-electron chi connectivity index (χ3n) is 5.45. The second-order valence-corrected chi connectivity index (χ2v) is 6.62. The number of carbonyl (C=O) groups excluding carboxylic acids is 1. The van der Waals surface area contributed by atoms with Gasteiger partial charge >= 0.3 is 0 Å². The molecule has 2 fully saturated rings. The fourth-order valence-corrected chi connectivity index (χ4v) is 4.16. The van der Waals surface area contributed by atoms with Crippen LogP contribution in [-0.4, -0.2) is 6.29 Å². The van der Waals surface area contributed by atoms with Gasteiger partial charge in [-0.25, -0.2) is 0 Å². The molecule has 0 aliphatic heterocycles. The molecule has 0 bridgehead atoms. The van der Waals surface area contributed by atoms with Crippen molar-refractivity contribution in [1.82, 2.24) is 0 Å². The lowest BCUT2D eigenvalue weighted by Gasteiger charge is -2.36. The number of hydrogen-bond acceptors (Lipinski definition) is 2. The molecule has 19 heavy (non-hydrogen) atoms. The van der Waals surface area contributed by atoms with Crippen LogP contribution in [0.15, 0.2) is 0 Å². The third-order valence-corrected chi connectivity index (χ3v) is 5.45. The summed E-state index contributed by atoms with van der Waals surface area (Å²) < 4.78 is 0. The molecule has 2 aliphatic rings. The quantitative estimate of drug-likeness (QED) is 0.540. The van der Waals surface area contributed by atoms with Crippen LogP contribution in [0.3, 0.4) is 0 Å². The first kappa shape index (κ1) is 14.6. The van der Waals surface area contributed by atoms with Gasteiger partial charge in [-0.05, 0) is 62.7 Å². The number of nitrogens with zero attached hydrogens (tertiary/aromatic N) is 1. The van der Waals surface area contributed by atoms with Crippen LogP contribution in [0.5, 0.6) is 0 Å². The maximum absolute atomic E-state index is 10.3. The number of carbonyl (C=O) groups is 1. The van der Waals surface area contributed by atoms with Crippen molar-refractivity contribution in [2.75, 3.05) is 0 Å². The molecule has 0 radical (unpaired) electrons. The molecule has 0 saturated heterocycles. The van der Waals surface area contributed by atoms with Gasteiger partial charge in [-0.2, -0.15) is 5.26 Å². The second kappa shape index (κ2) is 7.68. The molecule has 0 heterocycles. The van der Waals surface area contributed by atoms with Gasteiger partial charge in [0.1, 0.15) is 6.29 Å². The summed E-state index contributed by atoms with van der Waals surface area (Å²) in [6.07, 6.45) is 14.6. The molecule has 2 aliphatic carbocycles. The van der Waals surface area contributed by atoms with Gasteiger partial charge in [0, 0.05) is 12.3 Å². The Morgan fingerprint density at radius 2 is 1.53 bits per heavy atom. The minimum atomic E-state index is 0.343. The smallest absolute Gasteiger partial charge is 0.119 e. The maximum atomic E-state index is 10.3. The Morgan fingerprint density at radius 3 is 2.05 bits per heavy atom. The molecule has 2 rings (SSSR count). The molecule has 0 unspecified atom stereocenters. The van der Waals surface area contributed by atoms with E-state index in [1.165, 1.54) is 44.9 Å². The van der Waals surface area contributed by atoms with E-state index in [1.807, 2.05) is 0 Å². The molecule has 0 aromatic rings. The fraction of sp³-hybridized carbons (Fsp3) is 0.882. The summed E-state index contributed by atoms with van der Waals surface area (Å²) in [6, 6.07) is 2.43. The van der Waals surface area contributed by atoms with E-state index >= 15 is 0 Å². The van der Waals surface area contributed by atoms with E-state index in [-0.39, 0.29) is 0 Å². The van der Waals surface area contributed by atoms with Gasteiger partial charge in [0.25, 0.3) is 0 Å². The molecule has 106 valence electrons. The zero-order valence-corrected chi connectivity index (χ0v) is 12.0. The Kier molecular flexibility index (Phi) is 5.89. The average Bonchev–Trinajstić information content (AvgIpc) is 2.48. The summed E-state index contributed by atoms with van der Waals surface area (Å²) in [4.78, 5) is 10.3. The zero-order chi connectivity index (χ0) is 13.5. The molecule has 2 saturated carbocycles. The second-order valence-electron chi connectivity index (χ2n) is 6.62. The van der Waals surface area contributed by atoms with Crippen molar-refractivity contribution in [2.24, 2.45) is 23.7 Å². The van der Waals surface area contributed by atoms with Crippen LogP contribution in [0.25, 0.3) is 0 Å². The minimum Gasteiger partial charge on any atom is -0.303 e. The van der Waals surface area contributed by atoms with Crippen LogP contribution in [0.4, 0.5) is 0 Å². The lowest BCUT2D eigenvalue weighted by molar-refractivity contribution is -0.108. The molecule has 0 N–H and O–H groups in total. The van der Waals surface area contributed by atoms with Gasteiger partial charge < -0.3 is 4.79 Å². The Bertz CT molecular complexity index is 304. The summed E-state index contributed by atoms with van der Waals surface area (Å²) in [5.41, 5.74) is 0. The van der Waals surface area contributed by atoms with Gasteiger partial charge in [-0.1, -0.05) is 19.3 Å². The number of unbranched alkanes of at least 4 members (excludes halogenated alkanes) is 1. The topological polar surface area (TPSA) is 40.9 Å². The minimum absolute atomic E-state index is 0.343. The predicted octanol–water partition coefficient (Wildman–Crippen LogP) is 4.49. The van der Waals surface area contributed by atoms with E-state index < -0.39 is 0 Å². The molecule has 2 nitrogen and oxygen atoms in total. The first-order valence-electron chi connectivity index (χ1n) is 8.16. The van der Waals surface area contributed by atoms with Gasteiger partial charge in [0.05, 0.1) is 6.07 Å². The van der Waals surface area contributed by atoms with E-state index in [0.717, 1.165) is 49.7 Å². The van der Waals surface area contributed by atoms with Crippen molar-refractivity contribution in [3.8, 4) is 6.07 Å². The number of aldehydes is 1. The van der Waals surface area contributed by atoms with Gasteiger partial charge in [0.15, 0.2) is 0 Å². The highest BCUT2D eigenvalue weighted by molar-refractivity contribution is 5.48. The molecule has 2 heteroatoms. The SMILES string of the molecule is N#C[C@H]1CC[C@H]([C@H]2CC[C@H](CCCC=O)CC2)CC1. The summed E-state index contributed by atoms with van der Waals surface area (Å²) in [7, 11) is 0. The summed E-state index contributed by atoms with van der Waals surface area (Å²) in [5, 5.41) is 8.95. The highest BCUT2D eigenvalue weighted by atomic mass is 16.1. The first-order chi connectivity index (χ1) is 9.33. The summed E-state index contributed by atoms with van der Waals surface area (Å²) in [5.74, 6) is 3.06. The van der Waals surface area contributed by atoms with Crippen LogP contribution < -0.4 is 0 Å². The molecule has 0 aromatic heterocycles. The van der Waals surface area contributed by atoms with Crippen LogP contribution in [0.1, 0.15) is 70.6 Å². The Balaban J connectivity index is 1.66. The van der Waals surface area contributed by atoms with Crippen molar-refractivity contribution in [3.05, 3.63) is 0 Å². The lowest BCUT2D eigenvalue weighted by atomic mass is 9.69. The Morgan fingerprint density at radius 1 is 0.947 bits per heavy atom. The Hall–Kier alpha value is -0.840. The van der Waals surface area contributed by atoms with Crippen molar-refractivity contribution in [2.45, 2.75) is 70.6 Å². The average molecular weight is 261 g/mol. The van der Waals surface area contributed by atoms with Gasteiger partial charge in [0.2, 0.25) is 0 Å². The summed E-state index contributed by atoms with van der Waals surface area (Å²) >= 11 is 0. The monoisotopic (exact) mass is 261 g/mol. The van der Waals surface area contributed by atoms with E-state index in [1.54, 1.807) is 0 Å². The van der Waals surface area contributed by atoms with E-state index in [9.17, 15) is 4.79 Å². The number of nitriles is 1. The van der Waals surface area contributed by atoms with E-state index in [2.05, 4.69) is 6.07 Å². The van der Waals surface area contributed by atoms with Gasteiger partial charge in [-0.15, -0.1) is 0 Å². The number of hydrogen-bond donors (Lipinski definition) is 0. The van der Waals surface area contributed by atoms with Crippen LogP contribution in [0, 0.1) is 35.0 Å². The molecular formula is C17H27NO. The first-order valence-corrected chi connectivity index (χ1v) is 8.16. The molecule has 0 amide bonds. The molecule has 0 aromatic carbocycles. The van der Waals surface area contributed by atoms with Crippen LogP contribution in [-0.2, 0) is 4.79 Å².